The number of rotatable bonds is 4. The van der Waals surface area contributed by atoms with Crippen molar-refractivity contribution in [2.75, 3.05) is 16.8 Å². The molecule has 3 fully saturated rings. The minimum absolute atomic E-state index is 0.0340. The van der Waals surface area contributed by atoms with Crippen LogP contribution in [-0.2, 0) is 19.1 Å². The third-order valence-corrected chi connectivity index (χ3v) is 7.44. The van der Waals surface area contributed by atoms with Crippen molar-refractivity contribution in [2.24, 2.45) is 11.8 Å². The van der Waals surface area contributed by atoms with Crippen molar-refractivity contribution in [2.45, 2.75) is 76.3 Å². The van der Waals surface area contributed by atoms with Gasteiger partial charge in [-0.2, -0.15) is 0 Å². The highest BCUT2D eigenvalue weighted by atomic mass is 16.5. The molecular formula is C26H34N4O4. The second-order valence-electron chi connectivity index (χ2n) is 11.6. The van der Waals surface area contributed by atoms with Gasteiger partial charge in [-0.1, -0.05) is 12.2 Å². The molecule has 4 aliphatic rings. The minimum Gasteiger partial charge on any atom is -0.360 e. The van der Waals surface area contributed by atoms with E-state index in [-0.39, 0.29) is 40.9 Å². The highest BCUT2D eigenvalue weighted by Crippen LogP contribution is 2.52. The minimum atomic E-state index is -0.771. The van der Waals surface area contributed by atoms with Crippen LogP contribution in [0.25, 0.3) is 0 Å². The van der Waals surface area contributed by atoms with E-state index in [1.54, 1.807) is 17.0 Å². The number of carbonyl (C=O) groups is 3. The molecule has 0 unspecified atom stereocenters. The number of hydrogen-bond acceptors (Lipinski definition) is 5. The number of nitrogens with one attached hydrogen (secondary N) is 3. The zero-order chi connectivity index (χ0) is 24.5. The van der Waals surface area contributed by atoms with Gasteiger partial charge in [-0.05, 0) is 64.8 Å². The van der Waals surface area contributed by atoms with E-state index in [4.69, 9.17) is 4.74 Å². The van der Waals surface area contributed by atoms with Gasteiger partial charge in [0.05, 0.1) is 24.5 Å². The van der Waals surface area contributed by atoms with Gasteiger partial charge in [-0.15, -0.1) is 0 Å². The second kappa shape index (κ2) is 7.65. The summed E-state index contributed by atoms with van der Waals surface area (Å²) in [5.74, 6) is -1.42. The zero-order valence-corrected chi connectivity index (χ0v) is 20.5. The Labute approximate surface area is 200 Å². The zero-order valence-electron chi connectivity index (χ0n) is 20.5. The number of amides is 3. The fourth-order valence-electron chi connectivity index (χ4n) is 6.67. The third-order valence-electron chi connectivity index (χ3n) is 7.44. The molecule has 4 aliphatic heterocycles. The SMILES string of the molecule is CC(=O)Nc1ccc(N2C[C@@]34C=C[C@@H](O3)[C@H](C(=O)NC3CC(C)(C)NC(C)(C)C3)[C@H]4C2=O)cc1. The van der Waals surface area contributed by atoms with Crippen LogP contribution < -0.4 is 20.9 Å². The van der Waals surface area contributed by atoms with Gasteiger partial charge in [-0.3, -0.25) is 14.4 Å². The maximum atomic E-state index is 13.6. The maximum absolute atomic E-state index is 13.6. The molecular weight excluding hydrogens is 432 g/mol. The van der Waals surface area contributed by atoms with E-state index in [1.165, 1.54) is 6.92 Å². The average molecular weight is 467 g/mol. The topological polar surface area (TPSA) is 99.8 Å². The molecule has 8 nitrogen and oxygen atoms in total. The Morgan fingerprint density at radius 1 is 1.09 bits per heavy atom. The van der Waals surface area contributed by atoms with Gasteiger partial charge in [0.2, 0.25) is 17.7 Å². The van der Waals surface area contributed by atoms with Crippen molar-refractivity contribution in [3.8, 4) is 0 Å². The van der Waals surface area contributed by atoms with Gasteiger partial charge in [0.15, 0.2) is 0 Å². The summed E-state index contributed by atoms with van der Waals surface area (Å²) in [5, 5.41) is 9.64. The molecule has 4 atom stereocenters. The Hall–Kier alpha value is -2.71. The molecule has 0 aromatic heterocycles. The largest absolute Gasteiger partial charge is 0.360 e. The van der Waals surface area contributed by atoms with E-state index in [1.807, 2.05) is 24.3 Å². The number of hydrogen-bond donors (Lipinski definition) is 3. The van der Waals surface area contributed by atoms with E-state index < -0.39 is 17.4 Å². The standard InChI is InChI=1S/C26H34N4O4/c1-15(31)27-16-6-8-18(9-7-16)30-14-26-11-10-19(34-26)20(21(26)23(30)33)22(32)28-17-12-24(2,3)29-25(4,5)13-17/h6-11,17,19-21,29H,12-14H2,1-5H3,(H,27,31)(H,28,32)/t19-,20+,21+,26-/m1/s1. The quantitative estimate of drug-likeness (QED) is 0.592. The van der Waals surface area contributed by atoms with Gasteiger partial charge < -0.3 is 25.6 Å². The number of ether oxygens (including phenoxy) is 1. The normalized spacial score (nSPS) is 33.1. The number of carbonyl (C=O) groups excluding carboxylic acids is 3. The fraction of sp³-hybridized carbons (Fsp3) is 0.577. The number of piperidine rings is 1. The van der Waals surface area contributed by atoms with Crippen molar-refractivity contribution in [1.82, 2.24) is 10.6 Å². The first-order chi connectivity index (χ1) is 15.9. The summed E-state index contributed by atoms with van der Waals surface area (Å²) in [4.78, 5) is 40.1. The van der Waals surface area contributed by atoms with Crippen molar-refractivity contribution in [3.63, 3.8) is 0 Å². The Kier molecular flexibility index (Phi) is 5.19. The maximum Gasteiger partial charge on any atom is 0.234 e. The Morgan fingerprint density at radius 3 is 2.35 bits per heavy atom. The summed E-state index contributed by atoms with van der Waals surface area (Å²) in [6.45, 7) is 10.4. The molecule has 1 spiro atoms. The second-order valence-corrected chi connectivity index (χ2v) is 11.6. The molecule has 2 bridgehead atoms. The van der Waals surface area contributed by atoms with Gasteiger partial charge in [0, 0.05) is 35.4 Å². The number of anilines is 2. The van der Waals surface area contributed by atoms with Crippen LogP contribution in [0, 0.1) is 11.8 Å². The summed E-state index contributed by atoms with van der Waals surface area (Å²) in [5.41, 5.74) is 0.449. The van der Waals surface area contributed by atoms with E-state index in [2.05, 4.69) is 43.6 Å². The van der Waals surface area contributed by atoms with Crippen molar-refractivity contribution in [3.05, 3.63) is 36.4 Å². The van der Waals surface area contributed by atoms with Crippen LogP contribution in [0.5, 0.6) is 0 Å². The van der Waals surface area contributed by atoms with Gasteiger partial charge >= 0.3 is 0 Å². The van der Waals surface area contributed by atoms with E-state index >= 15 is 0 Å². The predicted octanol–water partition coefficient (Wildman–Crippen LogP) is 2.36. The molecule has 1 aromatic carbocycles. The van der Waals surface area contributed by atoms with Crippen molar-refractivity contribution < 1.29 is 19.1 Å². The van der Waals surface area contributed by atoms with Crippen molar-refractivity contribution in [1.29, 1.82) is 0 Å². The summed E-state index contributed by atoms with van der Waals surface area (Å²) in [7, 11) is 0. The van der Waals surface area contributed by atoms with Gasteiger partial charge in [0.1, 0.15) is 5.60 Å². The van der Waals surface area contributed by atoms with Crippen LogP contribution in [0.4, 0.5) is 11.4 Å². The van der Waals surface area contributed by atoms with E-state index in [0.29, 0.717) is 12.2 Å². The summed E-state index contributed by atoms with van der Waals surface area (Å²) in [6.07, 6.45) is 5.18. The first-order valence-corrected chi connectivity index (χ1v) is 12.0. The molecule has 34 heavy (non-hydrogen) atoms. The molecule has 3 amide bonds. The summed E-state index contributed by atoms with van der Waals surface area (Å²) >= 11 is 0. The number of nitrogens with zero attached hydrogens (tertiary/aromatic N) is 1. The molecule has 0 aliphatic carbocycles. The Morgan fingerprint density at radius 2 is 1.74 bits per heavy atom. The lowest BCUT2D eigenvalue weighted by molar-refractivity contribution is -0.132. The van der Waals surface area contributed by atoms with Crippen LogP contribution in [0.15, 0.2) is 36.4 Å². The average Bonchev–Trinajstić information content (AvgIpc) is 3.34. The first-order valence-electron chi connectivity index (χ1n) is 12.0. The molecule has 3 saturated heterocycles. The monoisotopic (exact) mass is 466 g/mol. The lowest BCUT2D eigenvalue weighted by Crippen LogP contribution is -2.62. The highest BCUT2D eigenvalue weighted by molar-refractivity contribution is 6.03. The van der Waals surface area contributed by atoms with Crippen molar-refractivity contribution >= 4 is 29.1 Å². The number of fused-ring (bicyclic) bond motifs is 1. The predicted molar refractivity (Wildman–Crippen MR) is 129 cm³/mol. The molecule has 5 rings (SSSR count). The van der Waals surface area contributed by atoms with Crippen LogP contribution in [0.2, 0.25) is 0 Å². The summed E-state index contributed by atoms with van der Waals surface area (Å²) < 4.78 is 6.28. The molecule has 182 valence electrons. The molecule has 4 heterocycles. The lowest BCUT2D eigenvalue weighted by Gasteiger charge is -2.47. The Bertz CT molecular complexity index is 1050. The molecule has 1 aromatic rings. The van der Waals surface area contributed by atoms with Crippen LogP contribution in [0.3, 0.4) is 0 Å². The fourth-order valence-corrected chi connectivity index (χ4v) is 6.67. The van der Waals surface area contributed by atoms with Crippen LogP contribution >= 0.6 is 0 Å². The molecule has 3 N–H and O–H groups in total. The van der Waals surface area contributed by atoms with Crippen LogP contribution in [-0.4, -0.2) is 53.1 Å². The molecule has 8 heteroatoms. The first kappa shape index (κ1) is 23.1. The van der Waals surface area contributed by atoms with Gasteiger partial charge in [-0.25, -0.2) is 0 Å². The number of benzene rings is 1. The Balaban J connectivity index is 1.34. The third kappa shape index (κ3) is 3.92. The summed E-state index contributed by atoms with van der Waals surface area (Å²) in [6, 6.07) is 7.20. The smallest absolute Gasteiger partial charge is 0.234 e. The highest BCUT2D eigenvalue weighted by Gasteiger charge is 2.67. The van der Waals surface area contributed by atoms with E-state index in [0.717, 1.165) is 18.5 Å². The lowest BCUT2D eigenvalue weighted by atomic mass is 9.75. The molecule has 0 saturated carbocycles. The van der Waals surface area contributed by atoms with E-state index in [9.17, 15) is 14.4 Å². The van der Waals surface area contributed by atoms with Gasteiger partial charge in [0.25, 0.3) is 0 Å². The van der Waals surface area contributed by atoms with Crippen LogP contribution in [0.1, 0.15) is 47.5 Å². The molecule has 0 radical (unpaired) electrons.